The zero-order chi connectivity index (χ0) is 19.9. The molecule has 1 N–H and O–H groups in total. The number of ketones is 1. The van der Waals surface area contributed by atoms with Crippen LogP contribution in [0.25, 0.3) is 0 Å². The Labute approximate surface area is 167 Å². The van der Waals surface area contributed by atoms with Crippen LogP contribution in [0.15, 0.2) is 54.6 Å². The van der Waals surface area contributed by atoms with Gasteiger partial charge in [-0.25, -0.2) is 0 Å². The summed E-state index contributed by atoms with van der Waals surface area (Å²) in [5, 5.41) is 2.98. The maximum Gasteiger partial charge on any atom is 0.251 e. The lowest BCUT2D eigenvalue weighted by molar-refractivity contribution is -0.120. The van der Waals surface area contributed by atoms with Gasteiger partial charge < -0.3 is 10.2 Å². The van der Waals surface area contributed by atoms with Gasteiger partial charge in [-0.3, -0.25) is 9.59 Å². The molecule has 0 fully saturated rings. The number of Topliss-reactive ketones (excluding diaryl/α,β-unsaturated/α-hetero) is 1. The third kappa shape index (κ3) is 5.22. The van der Waals surface area contributed by atoms with Crippen molar-refractivity contribution in [3.8, 4) is 0 Å². The second kappa shape index (κ2) is 9.54. The van der Waals surface area contributed by atoms with E-state index in [4.69, 9.17) is 0 Å². The number of nitrogens with zero attached hydrogens (tertiary/aromatic N) is 1. The summed E-state index contributed by atoms with van der Waals surface area (Å²) < 4.78 is 0. The summed E-state index contributed by atoms with van der Waals surface area (Å²) in [5.41, 5.74) is 3.05. The second-order valence-electron chi connectivity index (χ2n) is 8.00. The first-order chi connectivity index (χ1) is 13.5. The second-order valence-corrected chi connectivity index (χ2v) is 8.00. The molecule has 0 radical (unpaired) electrons. The summed E-state index contributed by atoms with van der Waals surface area (Å²) in [7, 11) is 0. The van der Waals surface area contributed by atoms with Gasteiger partial charge in [-0.1, -0.05) is 50.2 Å². The van der Waals surface area contributed by atoms with Crippen LogP contribution < -0.4 is 10.2 Å². The van der Waals surface area contributed by atoms with E-state index in [1.54, 1.807) is 12.1 Å². The Bertz CT molecular complexity index is 801. The summed E-state index contributed by atoms with van der Waals surface area (Å²) in [5.74, 6) is 0.215. The van der Waals surface area contributed by atoms with Gasteiger partial charge in [-0.2, -0.15) is 0 Å². The molecule has 3 rings (SSSR count). The van der Waals surface area contributed by atoms with E-state index >= 15 is 0 Å². The first kappa shape index (κ1) is 20.1. The molecule has 0 aromatic heterocycles. The number of amides is 1. The number of carbonyl (C=O) groups excluding carboxylic acids is 2. The summed E-state index contributed by atoms with van der Waals surface area (Å²) in [4.78, 5) is 28.0. The molecule has 28 heavy (non-hydrogen) atoms. The van der Waals surface area contributed by atoms with Crippen molar-refractivity contribution in [3.63, 3.8) is 0 Å². The van der Waals surface area contributed by atoms with Gasteiger partial charge in [0.2, 0.25) is 0 Å². The predicted octanol–water partition coefficient (Wildman–Crippen LogP) is 4.24. The van der Waals surface area contributed by atoms with Gasteiger partial charge in [0.25, 0.3) is 5.91 Å². The van der Waals surface area contributed by atoms with Gasteiger partial charge in [0.05, 0.1) is 12.6 Å². The van der Waals surface area contributed by atoms with E-state index in [1.165, 1.54) is 5.56 Å². The summed E-state index contributed by atoms with van der Waals surface area (Å²) in [6.45, 7) is 5.37. The van der Waals surface area contributed by atoms with Gasteiger partial charge in [-0.15, -0.1) is 0 Å². The minimum Gasteiger partial charge on any atom is -0.364 e. The number of nitrogens with one attached hydrogen (secondary N) is 1. The fraction of sp³-hybridized carbons (Fsp3) is 0.417. The van der Waals surface area contributed by atoms with Crippen LogP contribution in [0.3, 0.4) is 0 Å². The van der Waals surface area contributed by atoms with Crippen LogP contribution in [0.1, 0.15) is 49.0 Å². The maximum absolute atomic E-state index is 13.2. The van der Waals surface area contributed by atoms with E-state index in [2.05, 4.69) is 42.3 Å². The molecule has 1 aliphatic rings. The molecule has 1 heterocycles. The number of anilines is 1. The third-order valence-electron chi connectivity index (χ3n) is 5.24. The average Bonchev–Trinajstić information content (AvgIpc) is 2.90. The lowest BCUT2D eigenvalue weighted by Crippen LogP contribution is -2.46. The lowest BCUT2D eigenvalue weighted by atomic mass is 9.99. The number of fused-ring (bicyclic) bond motifs is 1. The molecule has 4 heteroatoms. The predicted molar refractivity (Wildman–Crippen MR) is 114 cm³/mol. The van der Waals surface area contributed by atoms with Crippen LogP contribution in [0.2, 0.25) is 0 Å². The molecular formula is C24H30N2O2. The highest BCUT2D eigenvalue weighted by Gasteiger charge is 2.25. The number of rotatable bonds is 7. The van der Waals surface area contributed by atoms with Crippen LogP contribution in [-0.2, 0) is 11.2 Å². The summed E-state index contributed by atoms with van der Waals surface area (Å²) in [6.07, 6.45) is 3.92. The minimum atomic E-state index is -0.469. The molecule has 4 nitrogen and oxygen atoms in total. The number of carbonyl (C=O) groups is 2. The number of hydrogen-bond acceptors (Lipinski definition) is 3. The molecule has 1 amide bonds. The first-order valence-electron chi connectivity index (χ1n) is 10.3. The smallest absolute Gasteiger partial charge is 0.251 e. The van der Waals surface area contributed by atoms with Crippen molar-refractivity contribution in [1.29, 1.82) is 0 Å². The SMILES string of the molecule is CC(C)CC(NC(=O)c1ccccc1)C(=O)CN1CCCCc2ccccc21. The van der Waals surface area contributed by atoms with Crippen LogP contribution in [0.5, 0.6) is 0 Å². The van der Waals surface area contributed by atoms with Crippen LogP contribution in [0, 0.1) is 5.92 Å². The Morgan fingerprint density at radius 2 is 1.71 bits per heavy atom. The van der Waals surface area contributed by atoms with Gasteiger partial charge in [0, 0.05) is 17.8 Å². The molecule has 1 atom stereocenters. The molecule has 0 saturated carbocycles. The highest BCUT2D eigenvalue weighted by molar-refractivity contribution is 5.98. The van der Waals surface area contributed by atoms with Gasteiger partial charge >= 0.3 is 0 Å². The highest BCUT2D eigenvalue weighted by atomic mass is 16.2. The Kier molecular flexibility index (Phi) is 6.85. The van der Waals surface area contributed by atoms with Crippen molar-refractivity contribution in [2.75, 3.05) is 18.0 Å². The molecule has 0 bridgehead atoms. The fourth-order valence-electron chi connectivity index (χ4n) is 3.81. The molecule has 0 spiro atoms. The fourth-order valence-corrected chi connectivity index (χ4v) is 3.81. The van der Waals surface area contributed by atoms with E-state index in [1.807, 2.05) is 24.3 Å². The van der Waals surface area contributed by atoms with E-state index in [0.29, 0.717) is 24.4 Å². The number of para-hydroxylation sites is 1. The van der Waals surface area contributed by atoms with Crippen molar-refractivity contribution in [1.82, 2.24) is 5.32 Å². The van der Waals surface area contributed by atoms with E-state index in [-0.39, 0.29) is 11.7 Å². The van der Waals surface area contributed by atoms with Gasteiger partial charge in [0.1, 0.15) is 0 Å². The van der Waals surface area contributed by atoms with E-state index < -0.39 is 6.04 Å². The van der Waals surface area contributed by atoms with Crippen LogP contribution >= 0.6 is 0 Å². The quantitative estimate of drug-likeness (QED) is 0.784. The van der Waals surface area contributed by atoms with Crippen molar-refractivity contribution in [2.24, 2.45) is 5.92 Å². The van der Waals surface area contributed by atoms with Crippen molar-refractivity contribution in [2.45, 2.75) is 45.6 Å². The van der Waals surface area contributed by atoms with Gasteiger partial charge in [-0.05, 0) is 55.4 Å². The van der Waals surface area contributed by atoms with Crippen LogP contribution in [0.4, 0.5) is 5.69 Å². The number of benzene rings is 2. The van der Waals surface area contributed by atoms with Crippen molar-refractivity contribution < 1.29 is 9.59 Å². The monoisotopic (exact) mass is 378 g/mol. The normalized spacial score (nSPS) is 14.9. The topological polar surface area (TPSA) is 49.4 Å². The Morgan fingerprint density at radius 1 is 1.00 bits per heavy atom. The standard InChI is InChI=1S/C24H30N2O2/c1-18(2)16-21(25-24(28)20-12-4-3-5-13-20)23(27)17-26-15-9-8-11-19-10-6-7-14-22(19)26/h3-7,10,12-14,18,21H,8-9,11,15-17H2,1-2H3,(H,25,28). The zero-order valence-electron chi connectivity index (χ0n) is 16.9. The molecule has 2 aromatic carbocycles. The minimum absolute atomic E-state index is 0.0784. The first-order valence-corrected chi connectivity index (χ1v) is 10.3. The Morgan fingerprint density at radius 3 is 2.46 bits per heavy atom. The molecule has 0 saturated heterocycles. The largest absolute Gasteiger partial charge is 0.364 e. The summed E-state index contributed by atoms with van der Waals surface area (Å²) in [6, 6.07) is 17.0. The number of hydrogen-bond donors (Lipinski definition) is 1. The summed E-state index contributed by atoms with van der Waals surface area (Å²) >= 11 is 0. The van der Waals surface area contributed by atoms with E-state index in [0.717, 1.165) is 31.5 Å². The average molecular weight is 379 g/mol. The highest BCUT2D eigenvalue weighted by Crippen LogP contribution is 2.26. The molecule has 148 valence electrons. The zero-order valence-corrected chi connectivity index (χ0v) is 16.9. The lowest BCUT2D eigenvalue weighted by Gasteiger charge is -2.27. The molecule has 1 aliphatic heterocycles. The van der Waals surface area contributed by atoms with Crippen molar-refractivity contribution >= 4 is 17.4 Å². The molecule has 0 aliphatic carbocycles. The maximum atomic E-state index is 13.2. The van der Waals surface area contributed by atoms with Gasteiger partial charge in [0.15, 0.2) is 5.78 Å². The van der Waals surface area contributed by atoms with Crippen molar-refractivity contribution in [3.05, 3.63) is 65.7 Å². The Balaban J connectivity index is 1.74. The van der Waals surface area contributed by atoms with Crippen LogP contribution in [-0.4, -0.2) is 30.8 Å². The third-order valence-corrected chi connectivity index (χ3v) is 5.24. The molecular weight excluding hydrogens is 348 g/mol. The number of aryl methyl sites for hydroxylation is 1. The molecule has 2 aromatic rings. The Hall–Kier alpha value is -2.62. The van der Waals surface area contributed by atoms with E-state index in [9.17, 15) is 9.59 Å². The molecule has 1 unspecified atom stereocenters.